The molecule has 3 aromatic carbocycles. The van der Waals surface area contributed by atoms with Crippen LogP contribution in [0.25, 0.3) is 10.9 Å². The van der Waals surface area contributed by atoms with E-state index >= 15 is 0 Å². The first-order chi connectivity index (χ1) is 18.8. The molecule has 1 atom stereocenters. The summed E-state index contributed by atoms with van der Waals surface area (Å²) in [6, 6.07) is 27.2. The molecule has 0 saturated heterocycles. The molecule has 7 nitrogen and oxygen atoms in total. The van der Waals surface area contributed by atoms with Crippen LogP contribution in [-0.2, 0) is 24.2 Å². The number of H-pyrrole nitrogens is 1. The summed E-state index contributed by atoms with van der Waals surface area (Å²) in [5, 5.41) is 13.6. The average Bonchev–Trinajstić information content (AvgIpc) is 3.53. The molecule has 200 valence electrons. The molecule has 0 bridgehead atoms. The Kier molecular flexibility index (Phi) is 7.61. The summed E-state index contributed by atoms with van der Waals surface area (Å²) < 4.78 is 2.22. The molecule has 7 heteroatoms. The molecule has 5 rings (SSSR count). The molecule has 0 saturated carbocycles. The van der Waals surface area contributed by atoms with Gasteiger partial charge in [0, 0.05) is 30.1 Å². The topological polar surface area (TPSA) is 102 Å². The lowest BCUT2D eigenvalue weighted by molar-refractivity contribution is -0.125. The fourth-order valence-electron chi connectivity index (χ4n) is 4.89. The normalized spacial score (nSPS) is 12.5. The number of hydrogen-bond acceptors (Lipinski definition) is 4. The van der Waals surface area contributed by atoms with E-state index in [0.717, 1.165) is 41.0 Å². The van der Waals surface area contributed by atoms with Crippen molar-refractivity contribution in [1.82, 2.24) is 25.1 Å². The maximum atomic E-state index is 12.8. The zero-order valence-corrected chi connectivity index (χ0v) is 22.8. The number of amides is 1. The number of aromatic nitrogens is 4. The summed E-state index contributed by atoms with van der Waals surface area (Å²) in [4.78, 5) is 16.2. The first-order valence-corrected chi connectivity index (χ1v) is 13.4. The van der Waals surface area contributed by atoms with E-state index in [1.165, 1.54) is 16.7 Å². The number of carbonyl (C=O) groups excluding carboxylic acids is 1. The van der Waals surface area contributed by atoms with Crippen LogP contribution in [0.2, 0.25) is 0 Å². The van der Waals surface area contributed by atoms with Crippen LogP contribution in [0.15, 0.2) is 85.1 Å². The summed E-state index contributed by atoms with van der Waals surface area (Å²) in [5.41, 5.74) is 10.9. The minimum absolute atomic E-state index is 0.207. The lowest BCUT2D eigenvalue weighted by Crippen LogP contribution is -2.50. The van der Waals surface area contributed by atoms with Gasteiger partial charge in [-0.25, -0.2) is 0 Å². The number of nitrogens with zero attached hydrogens (tertiary/aromatic N) is 3. The number of nitrogens with two attached hydrogens (primary N) is 1. The van der Waals surface area contributed by atoms with Gasteiger partial charge in [0.05, 0.1) is 18.0 Å². The molecule has 0 aliphatic rings. The maximum absolute atomic E-state index is 12.8. The van der Waals surface area contributed by atoms with Gasteiger partial charge in [0.15, 0.2) is 0 Å². The van der Waals surface area contributed by atoms with Gasteiger partial charge in [0.2, 0.25) is 5.91 Å². The van der Waals surface area contributed by atoms with Crippen molar-refractivity contribution < 1.29 is 4.79 Å². The standard InChI is InChI=1S/C32H36N6O/c1-22-13-15-24(16-14-22)21-38-29(18-17-23-9-5-4-6-10-23)36-37-30(38)27(20-35-31(39)32(2,3)33)26-19-34-28-12-8-7-11-25(26)28/h4-16,19,27,34H,17-18,20-21,33H2,1-3H3,(H,35,39). The van der Waals surface area contributed by atoms with Crippen LogP contribution in [0, 0.1) is 6.92 Å². The quantitative estimate of drug-likeness (QED) is 0.244. The van der Waals surface area contributed by atoms with Crippen LogP contribution < -0.4 is 11.1 Å². The Hall–Kier alpha value is -4.23. The molecule has 0 aliphatic heterocycles. The fourth-order valence-corrected chi connectivity index (χ4v) is 4.89. The highest BCUT2D eigenvalue weighted by molar-refractivity contribution is 5.86. The molecule has 5 aromatic rings. The maximum Gasteiger partial charge on any atom is 0.239 e. The fraction of sp³-hybridized carbons (Fsp3) is 0.281. The van der Waals surface area contributed by atoms with Crippen molar-refractivity contribution in [2.45, 2.75) is 51.6 Å². The number of benzene rings is 3. The van der Waals surface area contributed by atoms with E-state index in [0.29, 0.717) is 13.1 Å². The first kappa shape index (κ1) is 26.4. The number of fused-ring (bicyclic) bond motifs is 1. The minimum atomic E-state index is -0.985. The molecule has 0 spiro atoms. The molecule has 4 N–H and O–H groups in total. The van der Waals surface area contributed by atoms with E-state index in [1.807, 2.05) is 24.4 Å². The number of nitrogens with one attached hydrogen (secondary N) is 2. The molecule has 0 aliphatic carbocycles. The van der Waals surface area contributed by atoms with Crippen LogP contribution in [0.4, 0.5) is 0 Å². The Bertz CT molecular complexity index is 1540. The number of carbonyl (C=O) groups is 1. The van der Waals surface area contributed by atoms with Crippen molar-refractivity contribution in [1.29, 1.82) is 0 Å². The zero-order valence-electron chi connectivity index (χ0n) is 22.8. The van der Waals surface area contributed by atoms with E-state index < -0.39 is 5.54 Å². The van der Waals surface area contributed by atoms with E-state index in [9.17, 15) is 4.79 Å². The summed E-state index contributed by atoms with van der Waals surface area (Å²) in [6.07, 6.45) is 3.64. The number of hydrogen-bond donors (Lipinski definition) is 3. The van der Waals surface area contributed by atoms with Crippen LogP contribution in [0.5, 0.6) is 0 Å². The van der Waals surface area contributed by atoms with E-state index in [-0.39, 0.29) is 11.8 Å². The summed E-state index contributed by atoms with van der Waals surface area (Å²) in [6.45, 7) is 6.51. The van der Waals surface area contributed by atoms with Crippen molar-refractivity contribution in [3.8, 4) is 0 Å². The highest BCUT2D eigenvalue weighted by atomic mass is 16.2. The van der Waals surface area contributed by atoms with Crippen LogP contribution in [0.1, 0.15) is 53.7 Å². The third kappa shape index (κ3) is 6.10. The number of aryl methyl sites for hydroxylation is 3. The monoisotopic (exact) mass is 520 g/mol. The van der Waals surface area contributed by atoms with Gasteiger partial charge in [0.25, 0.3) is 0 Å². The average molecular weight is 521 g/mol. The molecule has 1 amide bonds. The van der Waals surface area contributed by atoms with Gasteiger partial charge in [0.1, 0.15) is 11.6 Å². The molecular weight excluding hydrogens is 484 g/mol. The largest absolute Gasteiger partial charge is 0.361 e. The highest BCUT2D eigenvalue weighted by Gasteiger charge is 2.28. The number of rotatable bonds is 10. The third-order valence-corrected chi connectivity index (χ3v) is 7.16. The summed E-state index contributed by atoms with van der Waals surface area (Å²) in [7, 11) is 0. The Balaban J connectivity index is 1.56. The van der Waals surface area contributed by atoms with Gasteiger partial charge >= 0.3 is 0 Å². The predicted octanol–water partition coefficient (Wildman–Crippen LogP) is 4.89. The smallest absolute Gasteiger partial charge is 0.239 e. The molecule has 39 heavy (non-hydrogen) atoms. The number of para-hydroxylation sites is 1. The van der Waals surface area contributed by atoms with Crippen molar-refractivity contribution in [2.75, 3.05) is 6.54 Å². The van der Waals surface area contributed by atoms with E-state index in [1.54, 1.807) is 13.8 Å². The van der Waals surface area contributed by atoms with Crippen molar-refractivity contribution >= 4 is 16.8 Å². The van der Waals surface area contributed by atoms with Gasteiger partial charge in [-0.3, -0.25) is 4.79 Å². The lowest BCUT2D eigenvalue weighted by atomic mass is 9.96. The molecule has 1 unspecified atom stereocenters. The zero-order chi connectivity index (χ0) is 27.4. The molecule has 2 aromatic heterocycles. The second kappa shape index (κ2) is 11.3. The first-order valence-electron chi connectivity index (χ1n) is 13.4. The second-order valence-electron chi connectivity index (χ2n) is 10.8. The van der Waals surface area contributed by atoms with Crippen molar-refractivity contribution in [2.24, 2.45) is 5.73 Å². The van der Waals surface area contributed by atoms with Gasteiger partial charge < -0.3 is 20.6 Å². The van der Waals surface area contributed by atoms with Gasteiger partial charge in [-0.15, -0.1) is 10.2 Å². The van der Waals surface area contributed by atoms with E-state index in [2.05, 4.69) is 82.5 Å². The second-order valence-corrected chi connectivity index (χ2v) is 10.8. The van der Waals surface area contributed by atoms with E-state index in [4.69, 9.17) is 15.9 Å². The lowest BCUT2D eigenvalue weighted by Gasteiger charge is -2.23. The Morgan fingerprint density at radius 1 is 0.949 bits per heavy atom. The minimum Gasteiger partial charge on any atom is -0.361 e. The van der Waals surface area contributed by atoms with Crippen LogP contribution in [0.3, 0.4) is 0 Å². The number of aromatic amines is 1. The van der Waals surface area contributed by atoms with Gasteiger partial charge in [-0.2, -0.15) is 0 Å². The summed E-state index contributed by atoms with van der Waals surface area (Å²) >= 11 is 0. The summed E-state index contributed by atoms with van der Waals surface area (Å²) in [5.74, 6) is 1.31. The Morgan fingerprint density at radius 2 is 1.67 bits per heavy atom. The van der Waals surface area contributed by atoms with Crippen LogP contribution in [-0.4, -0.2) is 37.7 Å². The third-order valence-electron chi connectivity index (χ3n) is 7.16. The highest BCUT2D eigenvalue weighted by Crippen LogP contribution is 2.31. The molecule has 0 fully saturated rings. The SMILES string of the molecule is Cc1ccc(Cn2c(CCc3ccccc3)nnc2C(CNC(=O)C(C)(C)N)c2c[nH]c3ccccc23)cc1. The van der Waals surface area contributed by atoms with Gasteiger partial charge in [-0.05, 0) is 49.9 Å². The van der Waals surface area contributed by atoms with Gasteiger partial charge in [-0.1, -0.05) is 78.4 Å². The molecule has 0 radical (unpaired) electrons. The molecular formula is C32H36N6O. The van der Waals surface area contributed by atoms with Crippen LogP contribution >= 0.6 is 0 Å². The molecule has 2 heterocycles. The van der Waals surface area contributed by atoms with Crippen molar-refractivity contribution in [3.05, 3.63) is 119 Å². The van der Waals surface area contributed by atoms with Crippen molar-refractivity contribution in [3.63, 3.8) is 0 Å². The Morgan fingerprint density at radius 3 is 2.41 bits per heavy atom. The Labute approximate surface area is 229 Å². The predicted molar refractivity (Wildman–Crippen MR) is 156 cm³/mol.